The van der Waals surface area contributed by atoms with Crippen LogP contribution in [-0.2, 0) is 22.7 Å². The second kappa shape index (κ2) is 11.3. The lowest BCUT2D eigenvalue weighted by molar-refractivity contribution is -0.136. The van der Waals surface area contributed by atoms with E-state index in [1.165, 1.54) is 5.56 Å². The molecule has 4 heterocycles. The zero-order valence-electron chi connectivity index (χ0n) is 24.0. The highest BCUT2D eigenvalue weighted by Crippen LogP contribution is 2.34. The number of benzene rings is 3. The van der Waals surface area contributed by atoms with Gasteiger partial charge in [-0.25, -0.2) is 0 Å². The van der Waals surface area contributed by atoms with Crippen molar-refractivity contribution in [2.45, 2.75) is 50.7 Å². The summed E-state index contributed by atoms with van der Waals surface area (Å²) in [6, 6.07) is 21.2. The van der Waals surface area contributed by atoms with E-state index in [1.807, 2.05) is 48.5 Å². The lowest BCUT2D eigenvalue weighted by Crippen LogP contribution is -2.52. The molecule has 0 aliphatic carbocycles. The number of carbonyl (C=O) groups is 4. The Morgan fingerprint density at radius 3 is 2.42 bits per heavy atom. The van der Waals surface area contributed by atoms with Crippen LogP contribution < -0.4 is 15.0 Å². The zero-order chi connectivity index (χ0) is 29.5. The van der Waals surface area contributed by atoms with Gasteiger partial charge in [0.05, 0.1) is 12.1 Å². The minimum Gasteiger partial charge on any atom is -0.491 e. The van der Waals surface area contributed by atoms with Crippen LogP contribution >= 0.6 is 0 Å². The Morgan fingerprint density at radius 2 is 1.63 bits per heavy atom. The Labute approximate surface area is 250 Å². The summed E-state index contributed by atoms with van der Waals surface area (Å²) in [5.74, 6) is 0.191. The number of ether oxygens (including phenoxy) is 1. The minimum atomic E-state index is -0.597. The third kappa shape index (κ3) is 5.29. The van der Waals surface area contributed by atoms with Gasteiger partial charge in [0, 0.05) is 30.8 Å². The van der Waals surface area contributed by atoms with Gasteiger partial charge in [0.15, 0.2) is 0 Å². The van der Waals surface area contributed by atoms with Gasteiger partial charge >= 0.3 is 0 Å². The molecule has 9 nitrogen and oxygen atoms in total. The Kier molecular flexibility index (Phi) is 7.18. The number of amides is 4. The number of rotatable bonds is 5. The molecule has 4 amide bonds. The van der Waals surface area contributed by atoms with Crippen LogP contribution in [0.3, 0.4) is 0 Å². The second-order valence-electron chi connectivity index (χ2n) is 11.8. The number of nitrogens with zero attached hydrogens (tertiary/aromatic N) is 3. The SMILES string of the molecule is O=C1CCC(N2Cc3cc(C4CCN(Cc5ccc6c(c5)C(=O)N(c5ccccc5)CCO6)CC4)ccc3C2=O)C(=O)N1. The summed E-state index contributed by atoms with van der Waals surface area (Å²) in [6.45, 7) is 3.98. The molecule has 0 radical (unpaired) electrons. The smallest absolute Gasteiger partial charge is 0.262 e. The van der Waals surface area contributed by atoms with Gasteiger partial charge in [0.1, 0.15) is 18.4 Å². The fourth-order valence-corrected chi connectivity index (χ4v) is 6.85. The predicted octanol–water partition coefficient (Wildman–Crippen LogP) is 3.87. The van der Waals surface area contributed by atoms with Gasteiger partial charge in [0.2, 0.25) is 11.8 Å². The summed E-state index contributed by atoms with van der Waals surface area (Å²) in [5, 5.41) is 2.37. The van der Waals surface area contributed by atoms with Crippen molar-refractivity contribution in [2.24, 2.45) is 0 Å². The van der Waals surface area contributed by atoms with Crippen molar-refractivity contribution in [3.05, 3.63) is 94.5 Å². The number of hydrogen-bond acceptors (Lipinski definition) is 6. The molecule has 220 valence electrons. The number of para-hydroxylation sites is 1. The first-order valence-electron chi connectivity index (χ1n) is 15.1. The molecule has 7 rings (SSSR count). The summed E-state index contributed by atoms with van der Waals surface area (Å²) in [6.07, 6.45) is 2.62. The number of carbonyl (C=O) groups excluding carboxylic acids is 4. The monoisotopic (exact) mass is 578 g/mol. The molecule has 0 aromatic heterocycles. The van der Waals surface area contributed by atoms with E-state index in [2.05, 4.69) is 28.4 Å². The van der Waals surface area contributed by atoms with Crippen molar-refractivity contribution in [3.8, 4) is 5.75 Å². The van der Waals surface area contributed by atoms with E-state index in [0.29, 0.717) is 48.9 Å². The number of anilines is 1. The average Bonchev–Trinajstić information content (AvgIpc) is 3.25. The van der Waals surface area contributed by atoms with Crippen LogP contribution in [0, 0.1) is 0 Å². The van der Waals surface area contributed by atoms with E-state index in [-0.39, 0.29) is 30.0 Å². The number of imide groups is 1. The molecule has 0 spiro atoms. The fraction of sp³-hybridized carbons (Fsp3) is 0.353. The van der Waals surface area contributed by atoms with Crippen LogP contribution in [0.15, 0.2) is 66.7 Å². The van der Waals surface area contributed by atoms with Crippen molar-refractivity contribution in [3.63, 3.8) is 0 Å². The molecule has 1 N–H and O–H groups in total. The molecule has 2 saturated heterocycles. The van der Waals surface area contributed by atoms with Crippen molar-refractivity contribution < 1.29 is 23.9 Å². The van der Waals surface area contributed by atoms with E-state index in [1.54, 1.807) is 9.80 Å². The Bertz CT molecular complexity index is 1600. The molecule has 1 unspecified atom stereocenters. The van der Waals surface area contributed by atoms with Gasteiger partial charge in [-0.3, -0.25) is 29.4 Å². The van der Waals surface area contributed by atoms with Crippen LogP contribution in [0.4, 0.5) is 5.69 Å². The van der Waals surface area contributed by atoms with Gasteiger partial charge in [-0.15, -0.1) is 0 Å². The Balaban J connectivity index is 0.990. The van der Waals surface area contributed by atoms with Crippen LogP contribution in [0.2, 0.25) is 0 Å². The quantitative estimate of drug-likeness (QED) is 0.462. The van der Waals surface area contributed by atoms with E-state index in [9.17, 15) is 19.2 Å². The Morgan fingerprint density at radius 1 is 0.814 bits per heavy atom. The summed E-state index contributed by atoms with van der Waals surface area (Å²) in [4.78, 5) is 56.3. The first kappa shape index (κ1) is 27.3. The molecule has 2 fully saturated rings. The molecular formula is C34H34N4O5. The van der Waals surface area contributed by atoms with Crippen LogP contribution in [0.5, 0.6) is 5.75 Å². The van der Waals surface area contributed by atoms with Crippen molar-refractivity contribution in [1.29, 1.82) is 0 Å². The number of nitrogens with one attached hydrogen (secondary N) is 1. The molecule has 4 aliphatic rings. The molecule has 9 heteroatoms. The van der Waals surface area contributed by atoms with Crippen molar-refractivity contribution in [2.75, 3.05) is 31.1 Å². The molecule has 3 aromatic carbocycles. The molecule has 1 atom stereocenters. The number of piperidine rings is 2. The van der Waals surface area contributed by atoms with E-state index >= 15 is 0 Å². The van der Waals surface area contributed by atoms with Crippen molar-refractivity contribution in [1.82, 2.24) is 15.1 Å². The average molecular weight is 579 g/mol. The van der Waals surface area contributed by atoms with Crippen LogP contribution in [-0.4, -0.2) is 65.7 Å². The third-order valence-corrected chi connectivity index (χ3v) is 9.17. The number of hydrogen-bond donors (Lipinski definition) is 1. The normalized spacial score (nSPS) is 21.3. The topological polar surface area (TPSA) is 99.3 Å². The summed E-state index contributed by atoms with van der Waals surface area (Å²) >= 11 is 0. The van der Waals surface area contributed by atoms with E-state index in [0.717, 1.165) is 49.3 Å². The molecule has 3 aromatic rings. The number of fused-ring (bicyclic) bond motifs is 2. The standard InChI is InChI=1S/C34H34N4O5/c39-31-11-9-29(32(40)35-31)38-21-25-19-24(7-8-27(25)33(38)41)23-12-14-36(15-13-23)20-22-6-10-30-28(18-22)34(42)37(16-17-43-30)26-4-2-1-3-5-26/h1-8,10,18-19,23,29H,9,11-17,20-21H2,(H,35,39,40). The van der Waals surface area contributed by atoms with Gasteiger partial charge in [0.25, 0.3) is 11.8 Å². The van der Waals surface area contributed by atoms with Gasteiger partial charge < -0.3 is 14.5 Å². The summed E-state index contributed by atoms with van der Waals surface area (Å²) < 4.78 is 5.93. The second-order valence-corrected chi connectivity index (χ2v) is 11.8. The third-order valence-electron chi connectivity index (χ3n) is 9.17. The molecular weight excluding hydrogens is 544 g/mol. The van der Waals surface area contributed by atoms with Gasteiger partial charge in [-0.2, -0.15) is 0 Å². The predicted molar refractivity (Wildman–Crippen MR) is 160 cm³/mol. The lowest BCUT2D eigenvalue weighted by Gasteiger charge is -2.32. The largest absolute Gasteiger partial charge is 0.491 e. The lowest BCUT2D eigenvalue weighted by atomic mass is 9.87. The highest BCUT2D eigenvalue weighted by molar-refractivity contribution is 6.08. The summed E-state index contributed by atoms with van der Waals surface area (Å²) in [5.41, 5.74) is 5.40. The molecule has 43 heavy (non-hydrogen) atoms. The zero-order valence-corrected chi connectivity index (χ0v) is 24.0. The van der Waals surface area contributed by atoms with Gasteiger partial charge in [-0.1, -0.05) is 36.4 Å². The fourth-order valence-electron chi connectivity index (χ4n) is 6.85. The van der Waals surface area contributed by atoms with Gasteiger partial charge in [-0.05, 0) is 85.3 Å². The van der Waals surface area contributed by atoms with Crippen LogP contribution in [0.1, 0.15) is 69.0 Å². The highest BCUT2D eigenvalue weighted by atomic mass is 16.5. The maximum Gasteiger partial charge on any atom is 0.262 e. The first-order chi connectivity index (χ1) is 20.9. The van der Waals surface area contributed by atoms with E-state index in [4.69, 9.17) is 4.74 Å². The number of likely N-dealkylation sites (tertiary alicyclic amines) is 1. The minimum absolute atomic E-state index is 0.0366. The summed E-state index contributed by atoms with van der Waals surface area (Å²) in [7, 11) is 0. The van der Waals surface area contributed by atoms with Crippen molar-refractivity contribution >= 4 is 29.3 Å². The van der Waals surface area contributed by atoms with Crippen LogP contribution in [0.25, 0.3) is 0 Å². The maximum absolute atomic E-state index is 13.5. The Hall–Kier alpha value is -4.50. The highest BCUT2D eigenvalue weighted by Gasteiger charge is 2.39. The first-order valence-corrected chi connectivity index (χ1v) is 15.1. The molecule has 0 bridgehead atoms. The molecule has 4 aliphatic heterocycles. The molecule has 0 saturated carbocycles. The van der Waals surface area contributed by atoms with E-state index < -0.39 is 6.04 Å². The maximum atomic E-state index is 13.5.